The molecular formula is C17H13ClN2O3. The first-order valence-corrected chi connectivity index (χ1v) is 7.86. The van der Waals surface area contributed by atoms with E-state index in [1.54, 1.807) is 24.3 Å². The van der Waals surface area contributed by atoms with Gasteiger partial charge in [-0.1, -0.05) is 11.6 Å². The number of carbonyl (C=O) groups excluding carboxylic acids is 1. The maximum Gasteiger partial charge on any atom is 0.169 e. The molecule has 0 N–H and O–H groups in total. The van der Waals surface area contributed by atoms with Gasteiger partial charge in [-0.3, -0.25) is 4.79 Å². The van der Waals surface area contributed by atoms with Crippen molar-refractivity contribution in [2.24, 2.45) is 16.7 Å². The van der Waals surface area contributed by atoms with Crippen LogP contribution in [0.4, 0.5) is 0 Å². The van der Waals surface area contributed by atoms with E-state index in [0.29, 0.717) is 30.0 Å². The molecule has 0 amide bonds. The molecule has 0 radical (unpaired) electrons. The van der Waals surface area contributed by atoms with E-state index in [4.69, 9.17) is 21.1 Å². The third-order valence-electron chi connectivity index (χ3n) is 5.39. The van der Waals surface area contributed by atoms with Crippen molar-refractivity contribution in [2.75, 3.05) is 6.61 Å². The summed E-state index contributed by atoms with van der Waals surface area (Å²) in [4.78, 5) is 12.9. The number of nitriles is 2. The number of benzene rings is 1. The van der Waals surface area contributed by atoms with E-state index >= 15 is 0 Å². The molecule has 4 rings (SSSR count). The molecule has 4 atom stereocenters. The van der Waals surface area contributed by atoms with Crippen LogP contribution >= 0.6 is 11.6 Å². The Morgan fingerprint density at radius 3 is 2.61 bits per heavy atom. The summed E-state index contributed by atoms with van der Waals surface area (Å²) in [5.41, 5.74) is -1.80. The summed E-state index contributed by atoms with van der Waals surface area (Å²) < 4.78 is 11.4. The van der Waals surface area contributed by atoms with Gasteiger partial charge in [-0.25, -0.2) is 0 Å². The Bertz CT molecular complexity index is 750. The van der Waals surface area contributed by atoms with Gasteiger partial charge in [-0.05, 0) is 37.1 Å². The van der Waals surface area contributed by atoms with Gasteiger partial charge in [0.1, 0.15) is 0 Å². The molecule has 0 aromatic heterocycles. The molecule has 1 aromatic carbocycles. The Labute approximate surface area is 138 Å². The van der Waals surface area contributed by atoms with Gasteiger partial charge in [0.2, 0.25) is 0 Å². The molecule has 5 nitrogen and oxygen atoms in total. The van der Waals surface area contributed by atoms with Crippen LogP contribution in [0.5, 0.6) is 0 Å². The summed E-state index contributed by atoms with van der Waals surface area (Å²) >= 11 is 5.86. The quantitative estimate of drug-likeness (QED) is 0.779. The number of hydrogen-bond donors (Lipinski definition) is 0. The molecule has 1 saturated carbocycles. The van der Waals surface area contributed by atoms with Gasteiger partial charge in [-0.15, -0.1) is 0 Å². The van der Waals surface area contributed by atoms with Crippen LogP contribution in [0.25, 0.3) is 0 Å². The maximum absolute atomic E-state index is 12.9. The number of fused-ring (bicyclic) bond motifs is 3. The molecule has 3 aliphatic rings. The van der Waals surface area contributed by atoms with Crippen molar-refractivity contribution in [3.8, 4) is 12.1 Å². The van der Waals surface area contributed by atoms with Crippen molar-refractivity contribution in [3.63, 3.8) is 0 Å². The molecule has 116 valence electrons. The summed E-state index contributed by atoms with van der Waals surface area (Å²) in [6.45, 7) is 0.460. The highest BCUT2D eigenvalue weighted by Crippen LogP contribution is 2.76. The number of ether oxygens (including phenoxy) is 2. The van der Waals surface area contributed by atoms with Crippen LogP contribution in [0.1, 0.15) is 23.2 Å². The summed E-state index contributed by atoms with van der Waals surface area (Å²) in [6, 6.07) is 10.7. The number of carbonyl (C=O) groups is 1. The van der Waals surface area contributed by atoms with Gasteiger partial charge in [0.25, 0.3) is 0 Å². The van der Waals surface area contributed by atoms with E-state index in [9.17, 15) is 15.3 Å². The number of ketones is 1. The monoisotopic (exact) mass is 328 g/mol. The predicted molar refractivity (Wildman–Crippen MR) is 79.2 cm³/mol. The van der Waals surface area contributed by atoms with Gasteiger partial charge in [-0.2, -0.15) is 10.5 Å². The van der Waals surface area contributed by atoms with Crippen LogP contribution in [-0.4, -0.2) is 24.8 Å². The van der Waals surface area contributed by atoms with Crippen molar-refractivity contribution in [1.82, 2.24) is 0 Å². The van der Waals surface area contributed by atoms with Crippen molar-refractivity contribution in [2.45, 2.75) is 25.2 Å². The van der Waals surface area contributed by atoms with Crippen molar-refractivity contribution < 1.29 is 14.3 Å². The Morgan fingerprint density at radius 1 is 1.26 bits per heavy atom. The molecule has 1 aliphatic carbocycles. The number of nitrogens with zero attached hydrogens (tertiary/aromatic N) is 2. The first-order chi connectivity index (χ1) is 11.1. The van der Waals surface area contributed by atoms with Gasteiger partial charge < -0.3 is 9.47 Å². The molecule has 0 unspecified atom stereocenters. The molecule has 1 spiro atoms. The Kier molecular flexibility index (Phi) is 3.05. The molecule has 23 heavy (non-hydrogen) atoms. The highest BCUT2D eigenvalue weighted by Gasteiger charge is 2.86. The summed E-state index contributed by atoms with van der Waals surface area (Å²) in [5.74, 6) is -0.947. The standard InChI is InChI=1S/C17H13ClN2O3/c18-11-3-1-10(2-4-11)13(21)14-16(8-19,9-20)17(14)6-5-12-7-22-15(17)23-12/h1-4,12,14-15H,5-7H2/t12-,14+,15-,17-/m1/s1. The third-order valence-corrected chi connectivity index (χ3v) is 5.64. The lowest BCUT2D eigenvalue weighted by atomic mass is 9.86. The van der Waals surface area contributed by atoms with Crippen LogP contribution in [-0.2, 0) is 9.47 Å². The van der Waals surface area contributed by atoms with Crippen LogP contribution in [0.15, 0.2) is 24.3 Å². The average Bonchev–Trinajstić information content (AvgIpc) is 2.94. The lowest BCUT2D eigenvalue weighted by molar-refractivity contribution is -0.140. The van der Waals surface area contributed by atoms with Crippen LogP contribution in [0, 0.1) is 39.4 Å². The van der Waals surface area contributed by atoms with Crippen molar-refractivity contribution in [3.05, 3.63) is 34.9 Å². The minimum absolute atomic E-state index is 0.00703. The number of rotatable bonds is 2. The molecule has 2 bridgehead atoms. The van der Waals surface area contributed by atoms with Crippen LogP contribution in [0.3, 0.4) is 0 Å². The summed E-state index contributed by atoms with van der Waals surface area (Å²) in [7, 11) is 0. The zero-order valence-corrected chi connectivity index (χ0v) is 12.9. The minimum Gasteiger partial charge on any atom is -0.349 e. The smallest absolute Gasteiger partial charge is 0.169 e. The van der Waals surface area contributed by atoms with E-state index in [2.05, 4.69) is 12.1 Å². The Morgan fingerprint density at radius 2 is 1.96 bits per heavy atom. The normalized spacial score (nSPS) is 36.2. The second-order valence-electron chi connectivity index (χ2n) is 6.34. The van der Waals surface area contributed by atoms with Gasteiger partial charge in [0, 0.05) is 10.6 Å². The molecule has 6 heteroatoms. The van der Waals surface area contributed by atoms with E-state index in [1.807, 2.05) is 0 Å². The fourth-order valence-electron chi connectivity index (χ4n) is 4.18. The maximum atomic E-state index is 12.9. The second kappa shape index (κ2) is 4.79. The largest absolute Gasteiger partial charge is 0.349 e. The zero-order valence-electron chi connectivity index (χ0n) is 12.2. The summed E-state index contributed by atoms with van der Waals surface area (Å²) in [6.07, 6.45) is 0.647. The van der Waals surface area contributed by atoms with E-state index < -0.39 is 23.0 Å². The Hall–Kier alpha value is -1.92. The molecule has 3 fully saturated rings. The lowest BCUT2D eigenvalue weighted by Gasteiger charge is -2.29. The topological polar surface area (TPSA) is 83.1 Å². The molecule has 2 heterocycles. The third kappa shape index (κ3) is 1.70. The fraction of sp³-hybridized carbons (Fsp3) is 0.471. The SMILES string of the molecule is N#CC1(C#N)[C@H](C(=O)c2ccc(Cl)cc2)[C@@]12CC[C@@H]1CO[C@@H]2O1. The predicted octanol–water partition coefficient (Wildman–Crippen LogP) is 2.71. The fourth-order valence-corrected chi connectivity index (χ4v) is 4.31. The molecule has 2 aliphatic heterocycles. The number of hydrogen-bond acceptors (Lipinski definition) is 5. The van der Waals surface area contributed by atoms with E-state index in [-0.39, 0.29) is 11.9 Å². The average molecular weight is 329 g/mol. The van der Waals surface area contributed by atoms with E-state index in [1.165, 1.54) is 0 Å². The van der Waals surface area contributed by atoms with Gasteiger partial charge in [0.05, 0.1) is 36.2 Å². The highest BCUT2D eigenvalue weighted by molar-refractivity contribution is 6.30. The van der Waals surface area contributed by atoms with Crippen LogP contribution in [0.2, 0.25) is 5.02 Å². The lowest BCUT2D eigenvalue weighted by Crippen LogP contribution is -2.35. The molecule has 2 saturated heterocycles. The number of halogens is 1. The van der Waals surface area contributed by atoms with Gasteiger partial charge >= 0.3 is 0 Å². The van der Waals surface area contributed by atoms with Crippen molar-refractivity contribution in [1.29, 1.82) is 10.5 Å². The Balaban J connectivity index is 1.75. The minimum atomic E-state index is -1.39. The first kappa shape index (κ1) is 14.7. The van der Waals surface area contributed by atoms with Crippen LogP contribution < -0.4 is 0 Å². The second-order valence-corrected chi connectivity index (χ2v) is 6.77. The molecular weight excluding hydrogens is 316 g/mol. The first-order valence-electron chi connectivity index (χ1n) is 7.48. The highest BCUT2D eigenvalue weighted by atomic mass is 35.5. The van der Waals surface area contributed by atoms with Crippen molar-refractivity contribution >= 4 is 17.4 Å². The summed E-state index contributed by atoms with van der Waals surface area (Å²) in [5, 5.41) is 19.8. The zero-order chi connectivity index (χ0) is 16.2. The number of Topliss-reactive ketones (excluding diaryl/α,β-unsaturated/α-hetero) is 1. The van der Waals surface area contributed by atoms with E-state index in [0.717, 1.165) is 0 Å². The molecule has 1 aromatic rings. The van der Waals surface area contributed by atoms with Gasteiger partial charge in [0.15, 0.2) is 17.5 Å².